The highest BCUT2D eigenvalue weighted by Crippen LogP contribution is 2.48. The molecule has 0 spiro atoms. The normalized spacial score (nSPS) is 16.3. The number of hydrogen-bond acceptors (Lipinski definition) is 8. The monoisotopic (exact) mass is 573 g/mol. The summed E-state index contributed by atoms with van der Waals surface area (Å²) in [5.41, 5.74) is 1.10. The van der Waals surface area contributed by atoms with Gasteiger partial charge in [-0.3, -0.25) is 0 Å². The van der Waals surface area contributed by atoms with Crippen LogP contribution in [0.5, 0.6) is 17.6 Å². The van der Waals surface area contributed by atoms with Crippen molar-refractivity contribution in [1.29, 1.82) is 0 Å². The zero-order valence-corrected chi connectivity index (χ0v) is 23.7. The topological polar surface area (TPSA) is 86.2 Å². The predicted octanol–water partition coefficient (Wildman–Crippen LogP) is 4.77. The highest BCUT2D eigenvalue weighted by Gasteiger charge is 2.42. The van der Waals surface area contributed by atoms with Crippen LogP contribution >= 0.6 is 15.9 Å². The van der Waals surface area contributed by atoms with Crippen LogP contribution in [0.15, 0.2) is 40.9 Å². The molecule has 200 valence electrons. The van der Waals surface area contributed by atoms with E-state index >= 15 is 0 Å². The molecule has 1 aliphatic heterocycles. The van der Waals surface area contributed by atoms with Crippen molar-refractivity contribution in [3.8, 4) is 17.6 Å². The molecule has 0 amide bonds. The number of ether oxygens (including phenoxy) is 4. The Hall–Kier alpha value is -2.46. The largest absolute Gasteiger partial charge is 0.481 e. The van der Waals surface area contributed by atoms with Gasteiger partial charge >= 0.3 is 0 Å². The molecule has 8 nitrogen and oxygen atoms in total. The molecule has 2 aromatic heterocycles. The quantitative estimate of drug-likeness (QED) is 0.331. The van der Waals surface area contributed by atoms with Gasteiger partial charge in [-0.2, -0.15) is 4.98 Å². The first-order chi connectivity index (χ1) is 17.8. The van der Waals surface area contributed by atoms with E-state index in [1.165, 1.54) is 0 Å². The second-order valence-corrected chi connectivity index (χ2v) is 10.8. The van der Waals surface area contributed by atoms with Crippen molar-refractivity contribution < 1.29 is 24.1 Å². The van der Waals surface area contributed by atoms with E-state index in [1.54, 1.807) is 33.5 Å². The van der Waals surface area contributed by atoms with Crippen LogP contribution in [0, 0.1) is 5.92 Å². The van der Waals surface area contributed by atoms with E-state index in [0.29, 0.717) is 42.1 Å². The molecule has 2 atom stereocenters. The highest BCUT2D eigenvalue weighted by atomic mass is 79.9. The average molecular weight is 575 g/mol. The highest BCUT2D eigenvalue weighted by molar-refractivity contribution is 9.10. The number of aromatic nitrogens is 2. The van der Waals surface area contributed by atoms with Crippen molar-refractivity contribution in [2.75, 3.05) is 55.2 Å². The molecule has 3 heterocycles. The minimum absolute atomic E-state index is 0.323. The Morgan fingerprint density at radius 3 is 2.32 bits per heavy atom. The van der Waals surface area contributed by atoms with Gasteiger partial charge in [-0.1, -0.05) is 15.9 Å². The lowest BCUT2D eigenvalue weighted by Gasteiger charge is -2.40. The molecule has 1 fully saturated rings. The van der Waals surface area contributed by atoms with Crippen LogP contribution in [0.25, 0.3) is 10.9 Å². The van der Waals surface area contributed by atoms with E-state index in [1.807, 2.05) is 32.3 Å². The van der Waals surface area contributed by atoms with Crippen molar-refractivity contribution in [1.82, 2.24) is 14.9 Å². The molecular formula is C28H36BrN3O5. The number of hydrogen-bond donors (Lipinski definition) is 1. The molecule has 4 rings (SSSR count). The fraction of sp³-hybridized carbons (Fsp3) is 0.500. The van der Waals surface area contributed by atoms with Crippen LogP contribution in [0.2, 0.25) is 0 Å². The summed E-state index contributed by atoms with van der Waals surface area (Å²) in [5, 5.41) is 13.7. The molecule has 2 unspecified atom stereocenters. The number of fused-ring (bicyclic) bond motifs is 1. The molecule has 1 N–H and O–H groups in total. The van der Waals surface area contributed by atoms with E-state index in [4.69, 9.17) is 23.9 Å². The number of methoxy groups -OCH3 is 3. The SMILES string of the molecule is COc1cc(C(O)(CCN(C)C)C(CCC2COC2)c2cc3cc(Br)ccc3nc2OC)cc(OC)n1. The van der Waals surface area contributed by atoms with E-state index < -0.39 is 5.60 Å². The summed E-state index contributed by atoms with van der Waals surface area (Å²) < 4.78 is 23.2. The number of pyridine rings is 2. The van der Waals surface area contributed by atoms with Gasteiger partial charge < -0.3 is 29.0 Å². The maximum atomic E-state index is 12.7. The van der Waals surface area contributed by atoms with E-state index in [2.05, 4.69) is 31.9 Å². The summed E-state index contributed by atoms with van der Waals surface area (Å²) in [5.74, 6) is 1.43. The van der Waals surface area contributed by atoms with Crippen LogP contribution < -0.4 is 14.2 Å². The third-order valence-corrected chi connectivity index (χ3v) is 7.62. The second kappa shape index (κ2) is 11.9. The van der Waals surface area contributed by atoms with Crippen LogP contribution in [-0.2, 0) is 10.3 Å². The van der Waals surface area contributed by atoms with Gasteiger partial charge in [0.25, 0.3) is 0 Å². The zero-order valence-electron chi connectivity index (χ0n) is 22.2. The fourth-order valence-corrected chi connectivity index (χ4v) is 5.30. The zero-order chi connectivity index (χ0) is 26.6. The first-order valence-electron chi connectivity index (χ1n) is 12.5. The number of benzene rings is 1. The lowest BCUT2D eigenvalue weighted by atomic mass is 9.72. The van der Waals surface area contributed by atoms with Crippen molar-refractivity contribution in [3.05, 3.63) is 52.0 Å². The van der Waals surface area contributed by atoms with E-state index in [0.717, 1.165) is 47.0 Å². The van der Waals surface area contributed by atoms with E-state index in [9.17, 15) is 5.11 Å². The van der Waals surface area contributed by atoms with Crippen molar-refractivity contribution in [2.24, 2.45) is 5.92 Å². The summed E-state index contributed by atoms with van der Waals surface area (Å²) >= 11 is 3.58. The van der Waals surface area contributed by atoms with Gasteiger partial charge in [-0.15, -0.1) is 0 Å². The molecule has 0 saturated carbocycles. The van der Waals surface area contributed by atoms with Gasteiger partial charge in [0.05, 0.1) is 45.7 Å². The Balaban J connectivity index is 1.91. The minimum atomic E-state index is -1.28. The molecule has 37 heavy (non-hydrogen) atoms. The van der Waals surface area contributed by atoms with Crippen molar-refractivity contribution in [3.63, 3.8) is 0 Å². The van der Waals surface area contributed by atoms with Gasteiger partial charge in [-0.05, 0) is 63.2 Å². The van der Waals surface area contributed by atoms with Gasteiger partial charge in [0.15, 0.2) is 0 Å². The molecular weight excluding hydrogens is 538 g/mol. The molecule has 1 aromatic carbocycles. The first-order valence-corrected chi connectivity index (χ1v) is 13.3. The Labute approximate surface area is 227 Å². The second-order valence-electron chi connectivity index (χ2n) is 9.88. The number of halogens is 1. The van der Waals surface area contributed by atoms with Gasteiger partial charge in [0, 0.05) is 45.9 Å². The Kier molecular flexibility index (Phi) is 8.90. The van der Waals surface area contributed by atoms with Gasteiger partial charge in [-0.25, -0.2) is 4.98 Å². The minimum Gasteiger partial charge on any atom is -0.481 e. The first kappa shape index (κ1) is 27.6. The average Bonchev–Trinajstić information content (AvgIpc) is 2.87. The third-order valence-electron chi connectivity index (χ3n) is 7.12. The van der Waals surface area contributed by atoms with Crippen LogP contribution in [0.3, 0.4) is 0 Å². The van der Waals surface area contributed by atoms with Gasteiger partial charge in [0.1, 0.15) is 0 Å². The standard InChI is InChI=1S/C28H36BrN3O5/c1-32(2)11-10-28(33,20-14-25(34-3)31-26(15-20)35-4)23(8-6-18-16-37-17-18)22-13-19-12-21(29)7-9-24(19)30-27(22)36-5/h7,9,12-15,18,23,33H,6,8,10-11,16-17H2,1-5H3. The summed E-state index contributed by atoms with van der Waals surface area (Å²) in [6, 6.07) is 11.7. The van der Waals surface area contributed by atoms with Crippen molar-refractivity contribution >= 4 is 26.8 Å². The maximum absolute atomic E-state index is 12.7. The Bertz CT molecular complexity index is 1200. The summed E-state index contributed by atoms with van der Waals surface area (Å²) in [4.78, 5) is 11.3. The summed E-state index contributed by atoms with van der Waals surface area (Å²) in [6.07, 6.45) is 2.11. The molecule has 0 radical (unpaired) electrons. The fourth-order valence-electron chi connectivity index (χ4n) is 4.92. The number of nitrogens with zero attached hydrogens (tertiary/aromatic N) is 3. The third kappa shape index (κ3) is 6.17. The summed E-state index contributed by atoms with van der Waals surface area (Å²) in [6.45, 7) is 2.17. The Morgan fingerprint density at radius 1 is 1.05 bits per heavy atom. The van der Waals surface area contributed by atoms with Gasteiger partial charge in [0.2, 0.25) is 17.6 Å². The smallest absolute Gasteiger partial charge is 0.217 e. The molecule has 3 aromatic rings. The van der Waals surface area contributed by atoms with Crippen LogP contribution in [-0.4, -0.2) is 75.2 Å². The van der Waals surface area contributed by atoms with Crippen LogP contribution in [0.4, 0.5) is 0 Å². The molecule has 0 aliphatic carbocycles. The van der Waals surface area contributed by atoms with E-state index in [-0.39, 0.29) is 5.92 Å². The predicted molar refractivity (Wildman–Crippen MR) is 147 cm³/mol. The lowest BCUT2D eigenvalue weighted by molar-refractivity contribution is -0.0482. The molecule has 0 bridgehead atoms. The van der Waals surface area contributed by atoms with Crippen molar-refractivity contribution in [2.45, 2.75) is 30.8 Å². The number of rotatable bonds is 12. The maximum Gasteiger partial charge on any atom is 0.217 e. The molecule has 1 aliphatic rings. The molecule has 9 heteroatoms. The lowest BCUT2D eigenvalue weighted by Crippen LogP contribution is -2.38. The van der Waals surface area contributed by atoms with Crippen LogP contribution in [0.1, 0.15) is 36.3 Å². The Morgan fingerprint density at radius 2 is 1.76 bits per heavy atom. The number of aliphatic hydroxyl groups is 1. The summed E-state index contributed by atoms with van der Waals surface area (Å²) in [7, 11) is 8.76. The molecule has 1 saturated heterocycles.